The standard InChI is InChI=1S/C29H29N3O3/c1-2-3-8-24-25-16-21-7-4-5-9-22(21)23(25)12-13-27(24)31-15-14-20(18-31)19-35-29-11-6-10-28(32(33)34)26(29)17-30/h4-7,9-13,20H,2-3,8,14-16,18-19H2,1H3. The van der Waals surface area contributed by atoms with Gasteiger partial charge < -0.3 is 9.64 Å². The third-order valence-electron chi connectivity index (χ3n) is 7.28. The van der Waals surface area contributed by atoms with Gasteiger partial charge in [0.15, 0.2) is 5.56 Å². The normalized spacial score (nSPS) is 16.0. The first-order valence-electron chi connectivity index (χ1n) is 12.4. The summed E-state index contributed by atoms with van der Waals surface area (Å²) in [5.41, 5.74) is 8.23. The van der Waals surface area contributed by atoms with Gasteiger partial charge in [0, 0.05) is 30.8 Å². The Morgan fingerprint density at radius 2 is 2.00 bits per heavy atom. The van der Waals surface area contributed by atoms with Crippen LogP contribution in [0.2, 0.25) is 0 Å². The van der Waals surface area contributed by atoms with Gasteiger partial charge in [0.25, 0.3) is 5.69 Å². The maximum atomic E-state index is 11.2. The van der Waals surface area contributed by atoms with E-state index in [1.807, 2.05) is 6.07 Å². The zero-order valence-corrected chi connectivity index (χ0v) is 20.0. The summed E-state index contributed by atoms with van der Waals surface area (Å²) in [6.45, 7) is 4.51. The summed E-state index contributed by atoms with van der Waals surface area (Å²) < 4.78 is 5.94. The van der Waals surface area contributed by atoms with Crippen molar-refractivity contribution in [3.05, 3.63) is 87.0 Å². The molecular formula is C29H29N3O3. The molecule has 0 N–H and O–H groups in total. The van der Waals surface area contributed by atoms with Crippen molar-refractivity contribution in [2.75, 3.05) is 24.6 Å². The predicted molar refractivity (Wildman–Crippen MR) is 137 cm³/mol. The van der Waals surface area contributed by atoms with Gasteiger partial charge in [0.05, 0.1) is 11.5 Å². The number of nitrogens with zero attached hydrogens (tertiary/aromatic N) is 3. The Bertz CT molecular complexity index is 1310. The van der Waals surface area contributed by atoms with Crippen molar-refractivity contribution in [2.24, 2.45) is 5.92 Å². The van der Waals surface area contributed by atoms with Crippen LogP contribution < -0.4 is 9.64 Å². The number of fused-ring (bicyclic) bond motifs is 3. The van der Waals surface area contributed by atoms with Crippen LogP contribution in [-0.4, -0.2) is 24.6 Å². The number of hydrogen-bond donors (Lipinski definition) is 0. The second kappa shape index (κ2) is 9.79. The second-order valence-electron chi connectivity index (χ2n) is 9.46. The van der Waals surface area contributed by atoms with Crippen LogP contribution in [0.3, 0.4) is 0 Å². The highest BCUT2D eigenvalue weighted by Crippen LogP contribution is 2.43. The molecule has 1 atom stereocenters. The van der Waals surface area contributed by atoms with Crippen molar-refractivity contribution in [1.29, 1.82) is 5.26 Å². The van der Waals surface area contributed by atoms with Crippen molar-refractivity contribution >= 4 is 11.4 Å². The molecule has 0 bridgehead atoms. The number of ether oxygens (including phenoxy) is 1. The molecule has 6 nitrogen and oxygen atoms in total. The molecule has 0 amide bonds. The summed E-state index contributed by atoms with van der Waals surface area (Å²) in [5.74, 6) is 0.587. The quantitative estimate of drug-likeness (QED) is 0.225. The lowest BCUT2D eigenvalue weighted by atomic mass is 9.95. The van der Waals surface area contributed by atoms with E-state index in [-0.39, 0.29) is 11.3 Å². The summed E-state index contributed by atoms with van der Waals surface area (Å²) in [7, 11) is 0. The van der Waals surface area contributed by atoms with E-state index in [4.69, 9.17) is 4.74 Å². The number of unbranched alkanes of at least 4 members (excludes halogenated alkanes) is 1. The number of hydrogen-bond acceptors (Lipinski definition) is 5. The fourth-order valence-electron chi connectivity index (χ4n) is 5.49. The van der Waals surface area contributed by atoms with Gasteiger partial charge in [-0.25, -0.2) is 0 Å². The minimum atomic E-state index is -0.535. The van der Waals surface area contributed by atoms with E-state index >= 15 is 0 Å². The van der Waals surface area contributed by atoms with Crippen LogP contribution in [0.15, 0.2) is 54.6 Å². The van der Waals surface area contributed by atoms with E-state index in [1.165, 1.54) is 46.0 Å². The molecule has 178 valence electrons. The minimum absolute atomic E-state index is 0.00704. The topological polar surface area (TPSA) is 79.4 Å². The van der Waals surface area contributed by atoms with Gasteiger partial charge in [0.2, 0.25) is 0 Å². The third kappa shape index (κ3) is 4.35. The molecule has 1 aliphatic heterocycles. The van der Waals surface area contributed by atoms with Gasteiger partial charge in [0.1, 0.15) is 11.8 Å². The molecule has 5 rings (SSSR count). The number of rotatable bonds is 8. The number of benzene rings is 3. The van der Waals surface area contributed by atoms with Crippen LogP contribution in [0.25, 0.3) is 11.1 Å². The first kappa shape index (κ1) is 22.9. The Balaban J connectivity index is 1.34. The van der Waals surface area contributed by atoms with Gasteiger partial charge in [-0.05, 0) is 65.6 Å². The molecular weight excluding hydrogens is 438 g/mol. The fraction of sp³-hybridized carbons (Fsp3) is 0.345. The van der Waals surface area contributed by atoms with Crippen molar-refractivity contribution in [3.63, 3.8) is 0 Å². The molecule has 3 aromatic carbocycles. The monoisotopic (exact) mass is 467 g/mol. The molecule has 1 unspecified atom stereocenters. The average Bonchev–Trinajstić information content (AvgIpc) is 3.50. The number of anilines is 1. The molecule has 3 aromatic rings. The zero-order valence-electron chi connectivity index (χ0n) is 20.0. The maximum absolute atomic E-state index is 11.2. The molecule has 0 spiro atoms. The number of nitro groups is 1. The van der Waals surface area contributed by atoms with Crippen LogP contribution in [0.4, 0.5) is 11.4 Å². The van der Waals surface area contributed by atoms with Gasteiger partial charge in [-0.15, -0.1) is 0 Å². The van der Waals surface area contributed by atoms with E-state index in [1.54, 1.807) is 12.1 Å². The largest absolute Gasteiger partial charge is 0.492 e. The van der Waals surface area contributed by atoms with Crippen molar-refractivity contribution in [2.45, 2.75) is 39.0 Å². The molecule has 6 heteroatoms. The smallest absolute Gasteiger partial charge is 0.290 e. The van der Waals surface area contributed by atoms with Crippen LogP contribution >= 0.6 is 0 Å². The lowest BCUT2D eigenvalue weighted by Gasteiger charge is -2.25. The molecule has 1 heterocycles. The van der Waals surface area contributed by atoms with E-state index in [0.717, 1.165) is 38.8 Å². The highest BCUT2D eigenvalue weighted by Gasteiger charge is 2.29. The minimum Gasteiger partial charge on any atom is -0.492 e. The summed E-state index contributed by atoms with van der Waals surface area (Å²) in [6.07, 6.45) is 5.41. The van der Waals surface area contributed by atoms with E-state index in [0.29, 0.717) is 18.3 Å². The summed E-state index contributed by atoms with van der Waals surface area (Å²) in [6, 6.07) is 19.8. The van der Waals surface area contributed by atoms with Crippen molar-refractivity contribution < 1.29 is 9.66 Å². The van der Waals surface area contributed by atoms with Crippen molar-refractivity contribution in [3.8, 4) is 22.9 Å². The average molecular weight is 468 g/mol. The second-order valence-corrected chi connectivity index (χ2v) is 9.46. The van der Waals surface area contributed by atoms with Crippen molar-refractivity contribution in [1.82, 2.24) is 0 Å². The third-order valence-corrected chi connectivity index (χ3v) is 7.28. The first-order chi connectivity index (χ1) is 17.1. The molecule has 0 saturated carbocycles. The molecule has 0 radical (unpaired) electrons. The Labute approximate surface area is 205 Å². The van der Waals surface area contributed by atoms with Crippen LogP contribution in [0.5, 0.6) is 5.75 Å². The Morgan fingerprint density at radius 3 is 2.80 bits per heavy atom. The summed E-state index contributed by atoms with van der Waals surface area (Å²) in [4.78, 5) is 13.2. The first-order valence-corrected chi connectivity index (χ1v) is 12.4. The van der Waals surface area contributed by atoms with Gasteiger partial charge in [-0.2, -0.15) is 5.26 Å². The highest BCUT2D eigenvalue weighted by molar-refractivity contribution is 5.81. The van der Waals surface area contributed by atoms with Crippen LogP contribution in [-0.2, 0) is 12.8 Å². The predicted octanol–water partition coefficient (Wildman–Crippen LogP) is 6.29. The number of nitriles is 1. The molecule has 1 aliphatic carbocycles. The Hall–Kier alpha value is -3.85. The Kier molecular flexibility index (Phi) is 6.41. The molecule has 2 aliphatic rings. The summed E-state index contributed by atoms with van der Waals surface area (Å²) in [5, 5.41) is 20.7. The van der Waals surface area contributed by atoms with Gasteiger partial charge in [-0.3, -0.25) is 10.1 Å². The molecule has 35 heavy (non-hydrogen) atoms. The lowest BCUT2D eigenvalue weighted by molar-refractivity contribution is -0.385. The van der Waals surface area contributed by atoms with E-state index in [2.05, 4.69) is 48.2 Å². The van der Waals surface area contributed by atoms with Gasteiger partial charge in [-0.1, -0.05) is 49.7 Å². The fourth-order valence-corrected chi connectivity index (χ4v) is 5.49. The van der Waals surface area contributed by atoms with E-state index < -0.39 is 4.92 Å². The highest BCUT2D eigenvalue weighted by atomic mass is 16.6. The van der Waals surface area contributed by atoms with Crippen LogP contribution in [0, 0.1) is 27.4 Å². The number of nitro benzene ring substituents is 1. The van der Waals surface area contributed by atoms with E-state index in [9.17, 15) is 15.4 Å². The molecule has 0 aromatic heterocycles. The molecule has 1 fully saturated rings. The lowest BCUT2D eigenvalue weighted by Crippen LogP contribution is -2.23. The van der Waals surface area contributed by atoms with Gasteiger partial charge >= 0.3 is 0 Å². The summed E-state index contributed by atoms with van der Waals surface area (Å²) >= 11 is 0. The molecule has 1 saturated heterocycles. The SMILES string of the molecule is CCCCc1c(N2CCC(COc3cccc([N+](=O)[O-])c3C#N)C2)ccc2c1Cc1ccccc1-2. The maximum Gasteiger partial charge on any atom is 0.290 e. The Morgan fingerprint density at radius 1 is 1.14 bits per heavy atom. The zero-order chi connectivity index (χ0) is 24.4. The van der Waals surface area contributed by atoms with Crippen LogP contribution in [0.1, 0.15) is 48.4 Å².